The van der Waals surface area contributed by atoms with Crippen molar-refractivity contribution in [2.24, 2.45) is 0 Å². The van der Waals surface area contributed by atoms with E-state index in [9.17, 15) is 0 Å². The molecule has 0 fully saturated rings. The Kier molecular flexibility index (Phi) is 3.47. The van der Waals surface area contributed by atoms with Crippen molar-refractivity contribution in [1.82, 2.24) is 0 Å². The van der Waals surface area contributed by atoms with Crippen LogP contribution in [0.1, 0.15) is 0 Å². The van der Waals surface area contributed by atoms with Crippen LogP contribution in [-0.2, 0) is 0 Å². The lowest BCUT2D eigenvalue weighted by atomic mass is 10.6. The van der Waals surface area contributed by atoms with Crippen molar-refractivity contribution in [2.45, 2.75) is 0 Å². The number of thiol groups is 2. The third-order valence-electron chi connectivity index (χ3n) is 0.267. The third kappa shape index (κ3) is 4.18. The van der Waals surface area contributed by atoms with E-state index in [4.69, 9.17) is 0 Å². The summed E-state index contributed by atoms with van der Waals surface area (Å²) in [5.74, 6) is 0. The highest BCUT2D eigenvalue weighted by atomic mass is 32.1. The van der Waals surface area contributed by atoms with E-state index in [1.807, 2.05) is 0 Å². The highest BCUT2D eigenvalue weighted by molar-refractivity contribution is 7.85. The average molecular weight is 118 g/mol. The number of hydrogen-bond donors (Lipinski definition) is 2. The summed E-state index contributed by atoms with van der Waals surface area (Å²) >= 11 is 7.62. The molecule has 0 bridgehead atoms. The van der Waals surface area contributed by atoms with Gasteiger partial charge in [0.05, 0.1) is 0 Å². The van der Waals surface area contributed by atoms with Gasteiger partial charge in [0.25, 0.3) is 0 Å². The predicted molar refractivity (Wildman–Crippen MR) is 36.3 cm³/mol. The van der Waals surface area contributed by atoms with Crippen LogP contribution < -0.4 is 0 Å². The summed E-state index contributed by atoms with van der Waals surface area (Å²) in [5.41, 5.74) is 0. The molecule has 0 amide bonds. The average Bonchev–Trinajstić information content (AvgIpc) is 1.35. The Hall–Kier alpha value is 0.180. The zero-order chi connectivity index (χ0) is 4.99. The summed E-state index contributed by atoms with van der Waals surface area (Å²) in [4.78, 5) is 0.727. The third-order valence-corrected chi connectivity index (χ3v) is 0.565. The smallest absolute Gasteiger partial charge is 0.00270 e. The molecule has 0 aromatic rings. The highest BCUT2D eigenvalue weighted by Crippen LogP contribution is 1.96. The molecule has 0 aliphatic heterocycles. The second-order valence-corrected chi connectivity index (χ2v) is 1.68. The zero-order valence-electron chi connectivity index (χ0n) is 3.26. The van der Waals surface area contributed by atoms with E-state index in [1.54, 1.807) is 11.5 Å². The van der Waals surface area contributed by atoms with Crippen LogP contribution in [0.5, 0.6) is 0 Å². The van der Waals surface area contributed by atoms with Crippen LogP contribution in [-0.4, -0.2) is 0 Å². The molecule has 0 rings (SSSR count). The lowest BCUT2D eigenvalue weighted by Crippen LogP contribution is -1.47. The fraction of sp³-hybridized carbons (Fsp3) is 0. The fourth-order valence-corrected chi connectivity index (χ4v) is 0.458. The van der Waals surface area contributed by atoms with Crippen LogP contribution in [0.25, 0.3) is 0 Å². The van der Waals surface area contributed by atoms with Crippen LogP contribution >= 0.6 is 25.3 Å². The van der Waals surface area contributed by atoms with E-state index in [2.05, 4.69) is 31.8 Å². The topological polar surface area (TPSA) is 0 Å². The molecule has 0 N–H and O–H groups in total. The van der Waals surface area contributed by atoms with Gasteiger partial charge in [-0.3, -0.25) is 0 Å². The number of hydrogen-bond acceptors (Lipinski definition) is 2. The summed E-state index contributed by atoms with van der Waals surface area (Å²) in [5, 5.41) is 1.59. The molecule has 0 spiro atoms. The molecule has 6 heavy (non-hydrogen) atoms. The van der Waals surface area contributed by atoms with Crippen molar-refractivity contribution >= 4 is 25.3 Å². The van der Waals surface area contributed by atoms with Crippen LogP contribution in [0.4, 0.5) is 0 Å². The van der Waals surface area contributed by atoms with E-state index in [1.165, 1.54) is 0 Å². The lowest BCUT2D eigenvalue weighted by molar-refractivity contribution is 2.05. The van der Waals surface area contributed by atoms with Gasteiger partial charge in [0.2, 0.25) is 0 Å². The lowest BCUT2D eigenvalue weighted by Gasteiger charge is -1.74. The maximum absolute atomic E-state index is 3.85. The van der Waals surface area contributed by atoms with E-state index >= 15 is 0 Å². The summed E-state index contributed by atoms with van der Waals surface area (Å²) in [7, 11) is 0. The van der Waals surface area contributed by atoms with Gasteiger partial charge in [-0.15, -0.1) is 12.6 Å². The Morgan fingerprint density at radius 1 is 1.67 bits per heavy atom. The molecule has 0 saturated heterocycles. The first-order valence-electron chi connectivity index (χ1n) is 1.46. The molecule has 0 aliphatic rings. The molecule has 34 valence electrons. The Bertz CT molecular complexity index is 73.6. The summed E-state index contributed by atoms with van der Waals surface area (Å²) in [6, 6.07) is 0. The molecular weight excluding hydrogens is 112 g/mol. The van der Waals surface area contributed by atoms with Gasteiger partial charge in [-0.2, -0.15) is 12.6 Å². The highest BCUT2D eigenvalue weighted by Gasteiger charge is 1.65. The molecule has 2 heteroatoms. The monoisotopic (exact) mass is 118 g/mol. The molecule has 0 unspecified atom stereocenters. The van der Waals surface area contributed by atoms with Crippen molar-refractivity contribution < 1.29 is 0 Å². The van der Waals surface area contributed by atoms with Crippen molar-refractivity contribution in [1.29, 1.82) is 0 Å². The van der Waals surface area contributed by atoms with Crippen LogP contribution in [0.2, 0.25) is 0 Å². The maximum Gasteiger partial charge on any atom is -0.00270 e. The fourth-order valence-electron chi connectivity index (χ4n) is 0.0860. The molecule has 0 radical (unpaired) electrons. The molecule has 0 aliphatic carbocycles. The quantitative estimate of drug-likeness (QED) is 0.381. The normalized spacial score (nSPS) is 9.67. The minimum Gasteiger partial charge on any atom is -0.151 e. The van der Waals surface area contributed by atoms with Gasteiger partial charge < -0.3 is 0 Å². The van der Waals surface area contributed by atoms with E-state index in [-0.39, 0.29) is 0 Å². The van der Waals surface area contributed by atoms with Gasteiger partial charge in [0.15, 0.2) is 0 Å². The first-order chi connectivity index (χ1) is 2.77. The molecule has 0 saturated carbocycles. The predicted octanol–water partition coefficient (Wildman–Crippen LogP) is 1.87. The summed E-state index contributed by atoms with van der Waals surface area (Å²) < 4.78 is 0. The second kappa shape index (κ2) is 3.37. The molecular formula is C4H6S2. The van der Waals surface area contributed by atoms with Gasteiger partial charge in [0.1, 0.15) is 0 Å². The van der Waals surface area contributed by atoms with Crippen LogP contribution in [0, 0.1) is 0 Å². The maximum atomic E-state index is 3.85. The van der Waals surface area contributed by atoms with E-state index < -0.39 is 0 Å². The molecule has 0 aromatic heterocycles. The molecule has 0 heterocycles. The molecule has 0 atom stereocenters. The molecule has 0 aromatic carbocycles. The minimum atomic E-state index is 0.727. The second-order valence-electron chi connectivity index (χ2n) is 0.807. The number of rotatable bonds is 1. The zero-order valence-corrected chi connectivity index (χ0v) is 5.05. The van der Waals surface area contributed by atoms with Gasteiger partial charge in [-0.25, -0.2) is 0 Å². The van der Waals surface area contributed by atoms with Crippen LogP contribution in [0.15, 0.2) is 23.0 Å². The van der Waals surface area contributed by atoms with Gasteiger partial charge in [-0.1, -0.05) is 6.58 Å². The largest absolute Gasteiger partial charge is 0.151 e. The Labute approximate surface area is 48.8 Å². The Morgan fingerprint density at radius 3 is 2.17 bits per heavy atom. The van der Waals surface area contributed by atoms with Crippen molar-refractivity contribution in [3.63, 3.8) is 0 Å². The molecule has 0 nitrogen and oxygen atoms in total. The first kappa shape index (κ1) is 6.18. The standard InChI is InChI=1S/C4H6S2/c1-4(6)2-3-5/h2-3,5-6H,1H2. The van der Waals surface area contributed by atoms with E-state index in [0.717, 1.165) is 4.91 Å². The SMILES string of the molecule is C=C(S)C=CS. The van der Waals surface area contributed by atoms with Gasteiger partial charge in [0, 0.05) is 0 Å². The van der Waals surface area contributed by atoms with E-state index in [0.29, 0.717) is 0 Å². The number of allylic oxidation sites excluding steroid dienone is 1. The van der Waals surface area contributed by atoms with Crippen molar-refractivity contribution in [2.75, 3.05) is 0 Å². The summed E-state index contributed by atoms with van der Waals surface area (Å²) in [6.45, 7) is 3.47. The van der Waals surface area contributed by atoms with Gasteiger partial charge in [-0.05, 0) is 16.4 Å². The Morgan fingerprint density at radius 2 is 2.17 bits per heavy atom. The van der Waals surface area contributed by atoms with Gasteiger partial charge >= 0.3 is 0 Å². The Balaban J connectivity index is 3.30. The summed E-state index contributed by atoms with van der Waals surface area (Å²) in [6.07, 6.45) is 1.70. The first-order valence-corrected chi connectivity index (χ1v) is 2.42. The minimum absolute atomic E-state index is 0.727. The van der Waals surface area contributed by atoms with Crippen molar-refractivity contribution in [3.8, 4) is 0 Å². The van der Waals surface area contributed by atoms with Crippen molar-refractivity contribution in [3.05, 3.63) is 23.0 Å². The van der Waals surface area contributed by atoms with Crippen LogP contribution in [0.3, 0.4) is 0 Å².